The van der Waals surface area contributed by atoms with Crippen LogP contribution in [0.25, 0.3) is 0 Å². The fourth-order valence-corrected chi connectivity index (χ4v) is 3.99. The molecule has 2 aromatic carbocycles. The van der Waals surface area contributed by atoms with Crippen molar-refractivity contribution in [1.82, 2.24) is 0 Å². The number of hydrogen-bond acceptors (Lipinski definition) is 3. The van der Waals surface area contributed by atoms with E-state index in [0.29, 0.717) is 17.2 Å². The first-order valence-electron chi connectivity index (χ1n) is 7.89. The summed E-state index contributed by atoms with van der Waals surface area (Å²) in [6, 6.07) is 16.3. The summed E-state index contributed by atoms with van der Waals surface area (Å²) in [7, 11) is 0. The first kappa shape index (κ1) is 14.6. The number of ether oxygens (including phenoxy) is 1. The summed E-state index contributed by atoms with van der Waals surface area (Å²) < 4.78 is 6.25. The fraction of sp³-hybridized carbons (Fsp3) is 0.316. The minimum atomic E-state index is -0.260. The molecule has 0 radical (unpaired) electrons. The van der Waals surface area contributed by atoms with Gasteiger partial charge in [-0.3, -0.25) is 0 Å². The number of halogens is 1. The zero-order chi connectivity index (χ0) is 15.9. The van der Waals surface area contributed by atoms with Crippen LogP contribution < -0.4 is 4.90 Å². The average molecular weight is 325 g/mol. The summed E-state index contributed by atoms with van der Waals surface area (Å²) in [4.78, 5) is 2.25. The molecule has 1 atom stereocenters. The molecule has 0 aromatic heterocycles. The molecule has 0 saturated carbocycles. The van der Waals surface area contributed by atoms with Gasteiger partial charge in [0, 0.05) is 11.6 Å². The Balaban J connectivity index is 1.72. The summed E-state index contributed by atoms with van der Waals surface area (Å²) in [5.74, 6) is 0. The van der Waals surface area contributed by atoms with E-state index < -0.39 is 0 Å². The van der Waals surface area contributed by atoms with E-state index in [0.717, 1.165) is 31.6 Å². The van der Waals surface area contributed by atoms with E-state index in [1.54, 1.807) is 12.1 Å². The molecule has 1 heterocycles. The van der Waals surface area contributed by atoms with Gasteiger partial charge >= 0.3 is 0 Å². The van der Waals surface area contributed by atoms with Crippen LogP contribution in [0.2, 0.25) is 5.02 Å². The number of hydrogen-bond donors (Lipinski definition) is 0. The Morgan fingerprint density at radius 3 is 2.96 bits per heavy atom. The van der Waals surface area contributed by atoms with Crippen molar-refractivity contribution in [3.05, 3.63) is 64.2 Å². The van der Waals surface area contributed by atoms with Gasteiger partial charge in [0.15, 0.2) is 0 Å². The third-order valence-electron chi connectivity index (χ3n) is 4.91. The summed E-state index contributed by atoms with van der Waals surface area (Å²) in [5, 5.41) is 10.1. The second kappa shape index (κ2) is 5.56. The minimum Gasteiger partial charge on any atom is -0.367 e. The Hall–Kier alpha value is -2.02. The van der Waals surface area contributed by atoms with Crippen LogP contribution in [0.1, 0.15) is 23.1 Å². The summed E-state index contributed by atoms with van der Waals surface area (Å²) in [5.41, 5.74) is 3.99. The molecule has 0 amide bonds. The maximum absolute atomic E-state index is 9.40. The fourth-order valence-electron chi connectivity index (χ4n) is 3.82. The van der Waals surface area contributed by atoms with Crippen molar-refractivity contribution in [3.8, 4) is 6.07 Å². The zero-order valence-electron chi connectivity index (χ0n) is 12.8. The van der Waals surface area contributed by atoms with Crippen molar-refractivity contribution in [2.45, 2.75) is 18.4 Å². The summed E-state index contributed by atoms with van der Waals surface area (Å²) in [6.07, 6.45) is 2.04. The Kier molecular flexibility index (Phi) is 3.52. The maximum Gasteiger partial charge on any atom is 0.111 e. The molecule has 116 valence electrons. The molecule has 0 N–H and O–H groups in total. The SMILES string of the molecule is N#Cc1ccc(Cl)cc1N1CCOC2(CCc3ccccc32)C1. The largest absolute Gasteiger partial charge is 0.367 e. The molecule has 23 heavy (non-hydrogen) atoms. The van der Waals surface area contributed by atoms with Crippen LogP contribution in [0.15, 0.2) is 42.5 Å². The van der Waals surface area contributed by atoms with Crippen molar-refractivity contribution in [2.24, 2.45) is 0 Å². The summed E-state index contributed by atoms with van der Waals surface area (Å²) in [6.45, 7) is 2.20. The molecule has 1 aliphatic heterocycles. The van der Waals surface area contributed by atoms with Crippen LogP contribution in [0.3, 0.4) is 0 Å². The second-order valence-electron chi connectivity index (χ2n) is 6.19. The normalized spacial score (nSPS) is 22.9. The molecule has 1 unspecified atom stereocenters. The molecular weight excluding hydrogens is 308 g/mol. The van der Waals surface area contributed by atoms with E-state index in [1.807, 2.05) is 6.07 Å². The molecular formula is C19H17ClN2O. The standard InChI is InChI=1S/C19H17ClN2O/c20-16-6-5-15(12-21)18(11-16)22-9-10-23-19(13-22)8-7-14-3-1-2-4-17(14)19/h1-6,11H,7-10,13H2. The number of nitriles is 1. The van der Waals surface area contributed by atoms with Crippen LogP contribution in [0, 0.1) is 11.3 Å². The third-order valence-corrected chi connectivity index (χ3v) is 5.15. The van der Waals surface area contributed by atoms with Crippen LogP contribution >= 0.6 is 11.6 Å². The topological polar surface area (TPSA) is 36.3 Å². The lowest BCUT2D eigenvalue weighted by molar-refractivity contribution is -0.0592. The van der Waals surface area contributed by atoms with Crippen LogP contribution in [-0.2, 0) is 16.8 Å². The Bertz CT molecular complexity index is 794. The molecule has 1 fully saturated rings. The quantitative estimate of drug-likeness (QED) is 0.798. The molecule has 0 bridgehead atoms. The highest BCUT2D eigenvalue weighted by Gasteiger charge is 2.43. The number of rotatable bonds is 1. The van der Waals surface area contributed by atoms with Gasteiger partial charge in [-0.25, -0.2) is 0 Å². The van der Waals surface area contributed by atoms with Gasteiger partial charge in [-0.05, 0) is 42.2 Å². The minimum absolute atomic E-state index is 0.260. The summed E-state index contributed by atoms with van der Waals surface area (Å²) >= 11 is 6.16. The Morgan fingerprint density at radius 1 is 1.22 bits per heavy atom. The molecule has 2 aliphatic rings. The number of anilines is 1. The predicted molar refractivity (Wildman–Crippen MR) is 90.8 cm³/mol. The van der Waals surface area contributed by atoms with E-state index >= 15 is 0 Å². The lowest BCUT2D eigenvalue weighted by Gasteiger charge is -2.42. The molecule has 4 heteroatoms. The van der Waals surface area contributed by atoms with Crippen LogP contribution in [-0.4, -0.2) is 19.7 Å². The molecule has 3 nitrogen and oxygen atoms in total. The van der Waals surface area contributed by atoms with Crippen molar-refractivity contribution < 1.29 is 4.74 Å². The molecule has 4 rings (SSSR count). The number of benzene rings is 2. The van der Waals surface area contributed by atoms with Crippen LogP contribution in [0.5, 0.6) is 0 Å². The second-order valence-corrected chi connectivity index (χ2v) is 6.63. The Labute approximate surface area is 141 Å². The number of morpholine rings is 1. The highest BCUT2D eigenvalue weighted by atomic mass is 35.5. The smallest absolute Gasteiger partial charge is 0.111 e. The predicted octanol–water partition coefficient (Wildman–Crippen LogP) is 3.89. The van der Waals surface area contributed by atoms with Crippen molar-refractivity contribution >= 4 is 17.3 Å². The van der Waals surface area contributed by atoms with Gasteiger partial charge < -0.3 is 9.64 Å². The maximum atomic E-state index is 9.40. The van der Waals surface area contributed by atoms with Crippen molar-refractivity contribution in [3.63, 3.8) is 0 Å². The van der Waals surface area contributed by atoms with Gasteiger partial charge in [0.05, 0.1) is 24.4 Å². The first-order chi connectivity index (χ1) is 11.2. The van der Waals surface area contributed by atoms with Gasteiger partial charge in [-0.1, -0.05) is 35.9 Å². The molecule has 1 aliphatic carbocycles. The first-order valence-corrected chi connectivity index (χ1v) is 8.27. The van der Waals surface area contributed by atoms with E-state index in [1.165, 1.54) is 11.1 Å². The Morgan fingerprint density at radius 2 is 2.09 bits per heavy atom. The number of aryl methyl sites for hydroxylation is 1. The van der Waals surface area contributed by atoms with Crippen molar-refractivity contribution in [1.29, 1.82) is 5.26 Å². The van der Waals surface area contributed by atoms with E-state index in [2.05, 4.69) is 35.2 Å². The van der Waals surface area contributed by atoms with E-state index in [-0.39, 0.29) is 5.60 Å². The monoisotopic (exact) mass is 324 g/mol. The molecule has 2 aromatic rings. The van der Waals surface area contributed by atoms with Gasteiger partial charge in [0.25, 0.3) is 0 Å². The lowest BCUT2D eigenvalue weighted by atomic mass is 9.93. The third kappa shape index (κ3) is 2.39. The molecule has 1 saturated heterocycles. The highest BCUT2D eigenvalue weighted by Crippen LogP contribution is 2.43. The lowest BCUT2D eigenvalue weighted by Crippen LogP contribution is -2.49. The van der Waals surface area contributed by atoms with Crippen LogP contribution in [0.4, 0.5) is 5.69 Å². The van der Waals surface area contributed by atoms with E-state index in [9.17, 15) is 5.26 Å². The van der Waals surface area contributed by atoms with Gasteiger partial charge in [-0.2, -0.15) is 5.26 Å². The highest BCUT2D eigenvalue weighted by molar-refractivity contribution is 6.30. The molecule has 1 spiro atoms. The number of fused-ring (bicyclic) bond motifs is 2. The van der Waals surface area contributed by atoms with Gasteiger partial charge in [0.2, 0.25) is 0 Å². The average Bonchev–Trinajstić information content (AvgIpc) is 2.93. The van der Waals surface area contributed by atoms with Crippen molar-refractivity contribution in [2.75, 3.05) is 24.6 Å². The van der Waals surface area contributed by atoms with Gasteiger partial charge in [-0.15, -0.1) is 0 Å². The zero-order valence-corrected chi connectivity index (χ0v) is 13.5. The van der Waals surface area contributed by atoms with Gasteiger partial charge in [0.1, 0.15) is 11.7 Å². The van der Waals surface area contributed by atoms with E-state index in [4.69, 9.17) is 16.3 Å². The number of nitrogens with zero attached hydrogens (tertiary/aromatic N) is 2.